The summed E-state index contributed by atoms with van der Waals surface area (Å²) in [5.41, 5.74) is 3.75. The first kappa shape index (κ1) is 26.1. The highest BCUT2D eigenvalue weighted by Crippen LogP contribution is 2.45. The molecular formula is C28H29F3N4O3S. The van der Waals surface area contributed by atoms with E-state index in [1.165, 1.54) is 28.6 Å². The van der Waals surface area contributed by atoms with Gasteiger partial charge in [0.05, 0.1) is 35.6 Å². The Balaban J connectivity index is 1.26. The zero-order valence-electron chi connectivity index (χ0n) is 21.5. The molecule has 1 aromatic heterocycles. The van der Waals surface area contributed by atoms with E-state index >= 15 is 0 Å². The SMILES string of the molecule is COCC12Cc3cnn(-c4ccc(F)cc4)c3C=C1CCN(S(=O)(=O)c1ccc(N3CCC(F)(F)C3)cc1)C2. The molecule has 1 atom stereocenters. The van der Waals surface area contributed by atoms with E-state index in [2.05, 4.69) is 11.2 Å². The summed E-state index contributed by atoms with van der Waals surface area (Å²) in [5.74, 6) is -3.05. The summed E-state index contributed by atoms with van der Waals surface area (Å²) < 4.78 is 77.0. The number of rotatable bonds is 6. The standard InChI is InChI=1S/C28H29F3N4O3S/c1-38-19-27-15-20-16-32-35(24-4-2-22(29)3-5-24)26(20)14-21(27)10-12-34(17-27)39(36,37)25-8-6-23(7-9-25)33-13-11-28(30,31)18-33/h2-9,14,16H,10-13,15,17-19H2,1H3. The van der Waals surface area contributed by atoms with Crippen LogP contribution in [0.5, 0.6) is 0 Å². The number of alkyl halides is 2. The molecule has 3 aliphatic rings. The lowest BCUT2D eigenvalue weighted by Gasteiger charge is -2.45. The van der Waals surface area contributed by atoms with Gasteiger partial charge in [0.1, 0.15) is 5.82 Å². The molecule has 0 N–H and O–H groups in total. The monoisotopic (exact) mass is 558 g/mol. The minimum Gasteiger partial charge on any atom is -0.384 e. The summed E-state index contributed by atoms with van der Waals surface area (Å²) in [4.78, 5) is 1.71. The zero-order chi connectivity index (χ0) is 27.4. The van der Waals surface area contributed by atoms with Gasteiger partial charge in [0, 0.05) is 44.3 Å². The molecule has 2 aromatic carbocycles. The fraction of sp³-hybridized carbons (Fsp3) is 0.393. The van der Waals surface area contributed by atoms with Gasteiger partial charge in [-0.05, 0) is 73.0 Å². The van der Waals surface area contributed by atoms with Crippen molar-refractivity contribution in [2.24, 2.45) is 5.41 Å². The topological polar surface area (TPSA) is 67.7 Å². The van der Waals surface area contributed by atoms with Crippen LogP contribution in [-0.2, 0) is 21.2 Å². The van der Waals surface area contributed by atoms with Crippen molar-refractivity contribution in [2.45, 2.75) is 30.1 Å². The molecule has 3 aromatic rings. The number of sulfonamides is 1. The van der Waals surface area contributed by atoms with Crippen LogP contribution in [0.4, 0.5) is 18.9 Å². The zero-order valence-corrected chi connectivity index (χ0v) is 22.3. The Kier molecular flexibility index (Phi) is 6.35. The van der Waals surface area contributed by atoms with E-state index in [1.54, 1.807) is 47.2 Å². The second kappa shape index (κ2) is 9.50. The minimum atomic E-state index is -3.82. The number of hydrogen-bond acceptors (Lipinski definition) is 5. The molecule has 0 amide bonds. The smallest absolute Gasteiger partial charge is 0.266 e. The molecule has 0 radical (unpaired) electrons. The molecular weight excluding hydrogens is 529 g/mol. The maximum Gasteiger partial charge on any atom is 0.266 e. The van der Waals surface area contributed by atoms with E-state index in [0.29, 0.717) is 31.7 Å². The van der Waals surface area contributed by atoms with Crippen molar-refractivity contribution in [3.63, 3.8) is 0 Å². The third-order valence-corrected chi connectivity index (χ3v) is 9.88. The van der Waals surface area contributed by atoms with Crippen LogP contribution in [0.25, 0.3) is 11.8 Å². The largest absolute Gasteiger partial charge is 0.384 e. The molecule has 7 nitrogen and oxygen atoms in total. The lowest BCUT2D eigenvalue weighted by Crippen LogP contribution is -2.51. The highest BCUT2D eigenvalue weighted by Gasteiger charge is 2.46. The van der Waals surface area contributed by atoms with Gasteiger partial charge in [0.25, 0.3) is 5.92 Å². The highest BCUT2D eigenvalue weighted by molar-refractivity contribution is 7.89. The maximum absolute atomic E-state index is 13.7. The molecule has 206 valence electrons. The van der Waals surface area contributed by atoms with Crippen molar-refractivity contribution >= 4 is 21.8 Å². The lowest BCUT2D eigenvalue weighted by atomic mass is 9.69. The normalized spacial score (nSPS) is 22.9. The molecule has 6 rings (SSSR count). The van der Waals surface area contributed by atoms with Crippen LogP contribution < -0.4 is 4.90 Å². The molecule has 2 fully saturated rings. The summed E-state index contributed by atoms with van der Waals surface area (Å²) in [6.07, 6.45) is 4.72. The molecule has 0 saturated carbocycles. The van der Waals surface area contributed by atoms with E-state index < -0.39 is 21.4 Å². The van der Waals surface area contributed by atoms with Gasteiger partial charge in [-0.2, -0.15) is 9.40 Å². The summed E-state index contributed by atoms with van der Waals surface area (Å²) in [7, 11) is -2.21. The molecule has 0 spiro atoms. The van der Waals surface area contributed by atoms with Crippen molar-refractivity contribution in [3.05, 3.63) is 77.4 Å². The van der Waals surface area contributed by atoms with Crippen LogP contribution in [0.3, 0.4) is 0 Å². The number of anilines is 1. The first-order valence-corrected chi connectivity index (χ1v) is 14.3. The maximum atomic E-state index is 13.7. The number of piperidine rings is 1. The molecule has 39 heavy (non-hydrogen) atoms. The van der Waals surface area contributed by atoms with Gasteiger partial charge in [-0.25, -0.2) is 26.3 Å². The Bertz CT molecular complexity index is 1520. The highest BCUT2D eigenvalue weighted by atomic mass is 32.2. The first-order valence-electron chi connectivity index (χ1n) is 12.9. The van der Waals surface area contributed by atoms with Gasteiger partial charge < -0.3 is 9.64 Å². The van der Waals surface area contributed by atoms with Crippen molar-refractivity contribution < 1.29 is 26.3 Å². The number of ether oxygens (including phenoxy) is 1. The van der Waals surface area contributed by atoms with Crippen LogP contribution in [0.15, 0.2) is 65.2 Å². The Morgan fingerprint density at radius 2 is 1.72 bits per heavy atom. The second-order valence-electron chi connectivity index (χ2n) is 10.6. The average molecular weight is 559 g/mol. The number of benzene rings is 2. The summed E-state index contributed by atoms with van der Waals surface area (Å²) in [6, 6.07) is 12.3. The predicted molar refractivity (Wildman–Crippen MR) is 141 cm³/mol. The van der Waals surface area contributed by atoms with Gasteiger partial charge in [-0.3, -0.25) is 0 Å². The Labute approximate surface area is 225 Å². The summed E-state index contributed by atoms with van der Waals surface area (Å²) in [6.45, 7) is 0.767. The van der Waals surface area contributed by atoms with E-state index in [0.717, 1.165) is 22.5 Å². The average Bonchev–Trinajstić information content (AvgIpc) is 3.49. The van der Waals surface area contributed by atoms with Gasteiger partial charge in [-0.1, -0.05) is 5.57 Å². The lowest BCUT2D eigenvalue weighted by molar-refractivity contribution is 0.0257. The Hall–Kier alpha value is -3.15. The van der Waals surface area contributed by atoms with Crippen molar-refractivity contribution in [1.82, 2.24) is 14.1 Å². The number of halogens is 3. The number of fused-ring (bicyclic) bond motifs is 2. The van der Waals surface area contributed by atoms with Crippen LogP contribution in [0.1, 0.15) is 24.1 Å². The number of methoxy groups -OCH3 is 1. The molecule has 3 heterocycles. The van der Waals surface area contributed by atoms with Crippen molar-refractivity contribution in [2.75, 3.05) is 44.8 Å². The third kappa shape index (κ3) is 4.66. The van der Waals surface area contributed by atoms with Gasteiger partial charge in [0.15, 0.2) is 0 Å². The van der Waals surface area contributed by atoms with Gasteiger partial charge >= 0.3 is 0 Å². The molecule has 1 aliphatic carbocycles. The Morgan fingerprint density at radius 1 is 1.00 bits per heavy atom. The minimum absolute atomic E-state index is 0.137. The number of aromatic nitrogens is 2. The van der Waals surface area contributed by atoms with Crippen LogP contribution in [0, 0.1) is 11.2 Å². The second-order valence-corrected chi connectivity index (χ2v) is 12.6. The van der Waals surface area contributed by atoms with Gasteiger partial charge in [0.2, 0.25) is 10.0 Å². The predicted octanol–water partition coefficient (Wildman–Crippen LogP) is 4.52. The molecule has 0 bridgehead atoms. The number of hydrogen-bond donors (Lipinski definition) is 0. The molecule has 2 aliphatic heterocycles. The molecule has 2 saturated heterocycles. The van der Waals surface area contributed by atoms with E-state index in [-0.39, 0.29) is 36.8 Å². The molecule has 11 heteroatoms. The van der Waals surface area contributed by atoms with Gasteiger partial charge in [-0.15, -0.1) is 0 Å². The fourth-order valence-electron chi connectivity index (χ4n) is 6.03. The molecule has 1 unspecified atom stereocenters. The van der Waals surface area contributed by atoms with E-state index in [1.807, 2.05) is 0 Å². The number of nitrogens with zero attached hydrogens (tertiary/aromatic N) is 4. The summed E-state index contributed by atoms with van der Waals surface area (Å²) >= 11 is 0. The van der Waals surface area contributed by atoms with Crippen molar-refractivity contribution in [1.29, 1.82) is 0 Å². The quantitative estimate of drug-likeness (QED) is 0.445. The summed E-state index contributed by atoms with van der Waals surface area (Å²) in [5, 5.41) is 4.54. The fourth-order valence-corrected chi connectivity index (χ4v) is 7.55. The Morgan fingerprint density at radius 3 is 2.38 bits per heavy atom. The van der Waals surface area contributed by atoms with Crippen LogP contribution in [0.2, 0.25) is 0 Å². The van der Waals surface area contributed by atoms with E-state index in [9.17, 15) is 21.6 Å². The third-order valence-electron chi connectivity index (χ3n) is 8.02. The first-order chi connectivity index (χ1) is 18.6. The van der Waals surface area contributed by atoms with E-state index in [4.69, 9.17) is 4.74 Å². The van der Waals surface area contributed by atoms with Crippen LogP contribution >= 0.6 is 0 Å². The van der Waals surface area contributed by atoms with Crippen LogP contribution in [-0.4, -0.2) is 68.3 Å². The van der Waals surface area contributed by atoms with Crippen molar-refractivity contribution in [3.8, 4) is 5.69 Å².